The number of carbonyl (C=O) groups excluding carboxylic acids is 1. The van der Waals surface area contributed by atoms with Gasteiger partial charge in [0.25, 0.3) is 0 Å². The molecule has 0 atom stereocenters. The minimum absolute atomic E-state index is 0.298. The number of thiophene rings is 1. The van der Waals surface area contributed by atoms with Crippen molar-refractivity contribution in [2.45, 2.75) is 13.8 Å². The van der Waals surface area contributed by atoms with Gasteiger partial charge >= 0.3 is 6.09 Å². The third-order valence-corrected chi connectivity index (χ3v) is 2.99. The molecular weight excluding hydrogens is 198 g/mol. The van der Waals surface area contributed by atoms with Crippen molar-refractivity contribution < 1.29 is 9.53 Å². The van der Waals surface area contributed by atoms with E-state index in [-0.39, 0.29) is 6.09 Å². The van der Waals surface area contributed by atoms with Crippen molar-refractivity contribution in [2.75, 3.05) is 6.61 Å². The maximum absolute atomic E-state index is 11.5. The highest BCUT2D eigenvalue weighted by atomic mass is 32.1. The van der Waals surface area contributed by atoms with E-state index in [0.29, 0.717) is 6.61 Å². The van der Waals surface area contributed by atoms with Gasteiger partial charge in [-0.1, -0.05) is 0 Å². The van der Waals surface area contributed by atoms with E-state index < -0.39 is 0 Å². The molecule has 0 fully saturated rings. The van der Waals surface area contributed by atoms with Gasteiger partial charge in [0.1, 0.15) is 4.83 Å². The lowest BCUT2D eigenvalue weighted by atomic mass is 10.3. The maximum atomic E-state index is 11.5. The van der Waals surface area contributed by atoms with E-state index >= 15 is 0 Å². The Morgan fingerprint density at radius 2 is 2.43 bits per heavy atom. The van der Waals surface area contributed by atoms with Crippen molar-refractivity contribution in [2.24, 2.45) is 0 Å². The summed E-state index contributed by atoms with van der Waals surface area (Å²) in [5.41, 5.74) is 1.11. The van der Waals surface area contributed by atoms with Crippen LogP contribution in [0, 0.1) is 6.92 Å². The molecule has 2 heterocycles. The molecule has 2 aromatic rings. The van der Waals surface area contributed by atoms with Gasteiger partial charge in [0, 0.05) is 11.6 Å². The number of ether oxygens (including phenoxy) is 1. The SMILES string of the molecule is CCOC(=O)n1cc(C)c2ccsc21. The molecule has 0 bridgehead atoms. The molecule has 0 unspecified atom stereocenters. The Hall–Kier alpha value is -1.29. The van der Waals surface area contributed by atoms with Gasteiger partial charge in [0.05, 0.1) is 6.61 Å². The summed E-state index contributed by atoms with van der Waals surface area (Å²) in [5, 5.41) is 3.11. The van der Waals surface area contributed by atoms with Crippen LogP contribution in [-0.2, 0) is 4.74 Å². The number of nitrogens with zero attached hydrogens (tertiary/aromatic N) is 1. The summed E-state index contributed by atoms with van der Waals surface area (Å²) in [6, 6.07) is 2.02. The molecular formula is C10H11NO2S. The van der Waals surface area contributed by atoms with Crippen molar-refractivity contribution in [3.8, 4) is 0 Å². The topological polar surface area (TPSA) is 31.2 Å². The Balaban J connectivity index is 2.51. The molecule has 74 valence electrons. The zero-order valence-electron chi connectivity index (χ0n) is 8.11. The second-order valence-corrected chi connectivity index (χ2v) is 3.92. The number of carbonyl (C=O) groups is 1. The zero-order chi connectivity index (χ0) is 10.1. The van der Waals surface area contributed by atoms with Crippen LogP contribution in [0.25, 0.3) is 10.2 Å². The summed E-state index contributed by atoms with van der Waals surface area (Å²) in [6.45, 7) is 4.20. The molecule has 0 aliphatic rings. The van der Waals surface area contributed by atoms with Gasteiger partial charge in [-0.2, -0.15) is 0 Å². The minimum atomic E-state index is -0.298. The molecule has 2 aromatic heterocycles. The van der Waals surface area contributed by atoms with Gasteiger partial charge in [0.15, 0.2) is 0 Å². The molecule has 0 amide bonds. The smallest absolute Gasteiger partial charge is 0.419 e. The highest BCUT2D eigenvalue weighted by Crippen LogP contribution is 2.25. The summed E-state index contributed by atoms with van der Waals surface area (Å²) < 4.78 is 6.52. The second kappa shape index (κ2) is 3.46. The van der Waals surface area contributed by atoms with Crippen LogP contribution in [0.3, 0.4) is 0 Å². The molecule has 0 radical (unpaired) electrons. The van der Waals surface area contributed by atoms with E-state index in [1.54, 1.807) is 22.8 Å². The van der Waals surface area contributed by atoms with Crippen LogP contribution in [0.5, 0.6) is 0 Å². The standard InChI is InChI=1S/C10H11NO2S/c1-3-13-10(12)11-6-7(2)8-4-5-14-9(8)11/h4-6H,3H2,1-2H3. The van der Waals surface area contributed by atoms with Crippen molar-refractivity contribution in [1.29, 1.82) is 0 Å². The fourth-order valence-corrected chi connectivity index (χ4v) is 2.37. The van der Waals surface area contributed by atoms with Crippen LogP contribution in [0.4, 0.5) is 4.79 Å². The first kappa shape index (κ1) is 9.27. The Labute approximate surface area is 85.9 Å². The number of aryl methyl sites for hydroxylation is 1. The Bertz CT molecular complexity index is 469. The highest BCUT2D eigenvalue weighted by molar-refractivity contribution is 7.17. The van der Waals surface area contributed by atoms with Crippen LogP contribution in [-0.4, -0.2) is 17.3 Å². The first-order valence-corrected chi connectivity index (χ1v) is 5.34. The Morgan fingerprint density at radius 3 is 3.14 bits per heavy atom. The molecule has 0 spiro atoms. The second-order valence-electron chi connectivity index (χ2n) is 3.02. The maximum Gasteiger partial charge on any atom is 0.419 e. The third kappa shape index (κ3) is 1.32. The van der Waals surface area contributed by atoms with Gasteiger partial charge in [-0.3, -0.25) is 0 Å². The number of hydrogen-bond acceptors (Lipinski definition) is 3. The van der Waals surface area contributed by atoms with Gasteiger partial charge in [-0.25, -0.2) is 9.36 Å². The number of aromatic nitrogens is 1. The van der Waals surface area contributed by atoms with Gasteiger partial charge < -0.3 is 4.74 Å². The Kier molecular flexibility index (Phi) is 2.29. The molecule has 14 heavy (non-hydrogen) atoms. The fraction of sp³-hybridized carbons (Fsp3) is 0.300. The molecule has 4 heteroatoms. The summed E-state index contributed by atoms with van der Waals surface area (Å²) in [5.74, 6) is 0. The van der Waals surface area contributed by atoms with E-state index in [0.717, 1.165) is 15.8 Å². The highest BCUT2D eigenvalue weighted by Gasteiger charge is 2.12. The molecule has 0 aromatic carbocycles. The van der Waals surface area contributed by atoms with E-state index in [9.17, 15) is 4.79 Å². The minimum Gasteiger partial charge on any atom is -0.449 e. The molecule has 0 saturated heterocycles. The van der Waals surface area contributed by atoms with Crippen LogP contribution >= 0.6 is 11.3 Å². The van der Waals surface area contributed by atoms with E-state index in [1.807, 2.05) is 24.6 Å². The summed E-state index contributed by atoms with van der Waals surface area (Å²) >= 11 is 1.55. The molecule has 3 nitrogen and oxygen atoms in total. The summed E-state index contributed by atoms with van der Waals surface area (Å²) in [4.78, 5) is 12.5. The zero-order valence-corrected chi connectivity index (χ0v) is 8.93. The fourth-order valence-electron chi connectivity index (χ4n) is 1.44. The van der Waals surface area contributed by atoms with E-state index in [4.69, 9.17) is 4.74 Å². The van der Waals surface area contributed by atoms with Crippen molar-refractivity contribution in [3.05, 3.63) is 23.2 Å². The number of fused-ring (bicyclic) bond motifs is 1. The van der Waals surface area contributed by atoms with Crippen LogP contribution in [0.15, 0.2) is 17.6 Å². The average Bonchev–Trinajstić information content (AvgIpc) is 2.70. The lowest BCUT2D eigenvalue weighted by Gasteiger charge is -2.01. The normalized spacial score (nSPS) is 10.7. The first-order chi connectivity index (χ1) is 6.74. The first-order valence-electron chi connectivity index (χ1n) is 4.46. The monoisotopic (exact) mass is 209 g/mol. The molecule has 0 saturated carbocycles. The van der Waals surface area contributed by atoms with E-state index in [1.165, 1.54) is 0 Å². The molecule has 2 rings (SSSR count). The van der Waals surface area contributed by atoms with Gasteiger partial charge in [-0.15, -0.1) is 11.3 Å². The van der Waals surface area contributed by atoms with Gasteiger partial charge in [0.2, 0.25) is 0 Å². The quantitative estimate of drug-likeness (QED) is 0.723. The largest absolute Gasteiger partial charge is 0.449 e. The Morgan fingerprint density at radius 1 is 1.64 bits per heavy atom. The van der Waals surface area contributed by atoms with Crippen molar-refractivity contribution in [3.63, 3.8) is 0 Å². The summed E-state index contributed by atoms with van der Waals surface area (Å²) in [6.07, 6.45) is 1.52. The van der Waals surface area contributed by atoms with Crippen LogP contribution < -0.4 is 0 Å². The van der Waals surface area contributed by atoms with Crippen molar-refractivity contribution in [1.82, 2.24) is 4.57 Å². The predicted octanol–water partition coefficient (Wildman–Crippen LogP) is 3.02. The van der Waals surface area contributed by atoms with Crippen LogP contribution in [0.2, 0.25) is 0 Å². The number of rotatable bonds is 1. The van der Waals surface area contributed by atoms with Gasteiger partial charge in [-0.05, 0) is 30.9 Å². The molecule has 0 aliphatic carbocycles. The molecule has 0 N–H and O–H groups in total. The lowest BCUT2D eigenvalue weighted by molar-refractivity contribution is 0.155. The third-order valence-electron chi connectivity index (χ3n) is 2.08. The molecule has 0 aliphatic heterocycles. The van der Waals surface area contributed by atoms with Crippen LogP contribution in [0.1, 0.15) is 12.5 Å². The summed E-state index contributed by atoms with van der Waals surface area (Å²) in [7, 11) is 0. The average molecular weight is 209 g/mol. The lowest BCUT2D eigenvalue weighted by Crippen LogP contribution is -2.11. The number of hydrogen-bond donors (Lipinski definition) is 0. The van der Waals surface area contributed by atoms with E-state index in [2.05, 4.69) is 0 Å². The van der Waals surface area contributed by atoms with Crippen molar-refractivity contribution >= 4 is 27.6 Å². The predicted molar refractivity (Wildman–Crippen MR) is 57.0 cm³/mol.